The summed E-state index contributed by atoms with van der Waals surface area (Å²) in [6.07, 6.45) is -0.463. The summed E-state index contributed by atoms with van der Waals surface area (Å²) in [5.74, 6) is -0.397. The Morgan fingerprint density at radius 2 is 2.08 bits per heavy atom. The lowest BCUT2D eigenvalue weighted by molar-refractivity contribution is -0.119. The van der Waals surface area contributed by atoms with Crippen molar-refractivity contribution >= 4 is 5.91 Å². The van der Waals surface area contributed by atoms with Gasteiger partial charge in [0.05, 0.1) is 0 Å². The van der Waals surface area contributed by atoms with Gasteiger partial charge in [0.1, 0.15) is 5.60 Å². The number of benzene rings is 1. The number of rotatable bonds is 2. The summed E-state index contributed by atoms with van der Waals surface area (Å²) in [6, 6.07) is 9.63. The highest BCUT2D eigenvalue weighted by Gasteiger charge is 2.57. The molecule has 0 aromatic heterocycles. The molecule has 3 heteroatoms. The van der Waals surface area contributed by atoms with Crippen LogP contribution < -0.4 is 5.73 Å². The molecular weight excluding hydrogens is 166 g/mol. The van der Waals surface area contributed by atoms with Crippen molar-refractivity contribution in [3.05, 3.63) is 35.9 Å². The van der Waals surface area contributed by atoms with E-state index in [9.17, 15) is 4.79 Å². The van der Waals surface area contributed by atoms with Crippen LogP contribution >= 0.6 is 0 Å². The van der Waals surface area contributed by atoms with E-state index >= 15 is 0 Å². The van der Waals surface area contributed by atoms with Gasteiger partial charge in [-0.15, -0.1) is 0 Å². The smallest absolute Gasteiger partial charge is 0.249 e. The maximum Gasteiger partial charge on any atom is 0.249 e. The molecule has 2 atom stereocenters. The van der Waals surface area contributed by atoms with Gasteiger partial charge < -0.3 is 10.5 Å². The SMILES string of the molecule is CC1(c2ccccc2)OC1C(N)=O. The highest BCUT2D eigenvalue weighted by molar-refractivity contribution is 5.83. The fourth-order valence-corrected chi connectivity index (χ4v) is 1.53. The topological polar surface area (TPSA) is 55.6 Å². The van der Waals surface area contributed by atoms with Crippen LogP contribution in [0.3, 0.4) is 0 Å². The van der Waals surface area contributed by atoms with E-state index in [1.54, 1.807) is 0 Å². The van der Waals surface area contributed by atoms with Crippen LogP contribution in [0.1, 0.15) is 12.5 Å². The van der Waals surface area contributed by atoms with Crippen LogP contribution in [0.25, 0.3) is 0 Å². The third-order valence-corrected chi connectivity index (χ3v) is 2.41. The lowest BCUT2D eigenvalue weighted by Crippen LogP contribution is -2.23. The Labute approximate surface area is 76.5 Å². The normalized spacial score (nSPS) is 31.3. The quantitative estimate of drug-likeness (QED) is 0.679. The molecule has 0 aliphatic carbocycles. The standard InChI is InChI=1S/C10H11NO2/c1-10(8(13-10)9(11)12)7-5-3-2-4-6-7/h2-6,8H,1H3,(H2,11,12). The van der Waals surface area contributed by atoms with Crippen molar-refractivity contribution < 1.29 is 9.53 Å². The zero-order chi connectivity index (χ0) is 9.47. The zero-order valence-electron chi connectivity index (χ0n) is 7.36. The maximum atomic E-state index is 10.8. The molecule has 1 aromatic rings. The molecule has 1 saturated heterocycles. The Morgan fingerprint density at radius 1 is 1.46 bits per heavy atom. The molecule has 1 fully saturated rings. The largest absolute Gasteiger partial charge is 0.367 e. The monoisotopic (exact) mass is 177 g/mol. The van der Waals surface area contributed by atoms with Crippen LogP contribution in [-0.4, -0.2) is 12.0 Å². The molecule has 0 bridgehead atoms. The third-order valence-electron chi connectivity index (χ3n) is 2.41. The molecule has 13 heavy (non-hydrogen) atoms. The summed E-state index contributed by atoms with van der Waals surface area (Å²) in [5, 5.41) is 0. The lowest BCUT2D eigenvalue weighted by atomic mass is 9.97. The summed E-state index contributed by atoms with van der Waals surface area (Å²) in [4.78, 5) is 10.8. The molecule has 68 valence electrons. The predicted molar refractivity (Wildman–Crippen MR) is 47.9 cm³/mol. The van der Waals surface area contributed by atoms with Gasteiger partial charge in [-0.2, -0.15) is 0 Å². The summed E-state index contributed by atoms with van der Waals surface area (Å²) in [6.45, 7) is 1.87. The van der Waals surface area contributed by atoms with Crippen molar-refractivity contribution in [1.29, 1.82) is 0 Å². The van der Waals surface area contributed by atoms with Gasteiger partial charge in [0.25, 0.3) is 0 Å². The van der Waals surface area contributed by atoms with E-state index in [-0.39, 0.29) is 0 Å². The van der Waals surface area contributed by atoms with Crippen molar-refractivity contribution in [3.8, 4) is 0 Å². The Hall–Kier alpha value is -1.35. The predicted octanol–water partition coefficient (Wildman–Crippen LogP) is 0.786. The maximum absolute atomic E-state index is 10.8. The molecule has 1 amide bonds. The molecule has 1 heterocycles. The van der Waals surface area contributed by atoms with Gasteiger partial charge in [0.15, 0.2) is 6.10 Å². The van der Waals surface area contributed by atoms with Gasteiger partial charge in [0, 0.05) is 0 Å². The molecule has 1 aliphatic rings. The minimum absolute atomic E-state index is 0.397. The van der Waals surface area contributed by atoms with E-state index in [1.807, 2.05) is 37.3 Å². The van der Waals surface area contributed by atoms with E-state index in [0.717, 1.165) is 5.56 Å². The number of hydrogen-bond donors (Lipinski definition) is 1. The van der Waals surface area contributed by atoms with Gasteiger partial charge in [-0.3, -0.25) is 4.79 Å². The first-order chi connectivity index (χ1) is 6.14. The number of ether oxygens (including phenoxy) is 1. The van der Waals surface area contributed by atoms with Crippen molar-refractivity contribution in [2.24, 2.45) is 5.73 Å². The number of primary amides is 1. The average molecular weight is 177 g/mol. The Kier molecular flexibility index (Phi) is 1.63. The fourth-order valence-electron chi connectivity index (χ4n) is 1.53. The van der Waals surface area contributed by atoms with Crippen LogP contribution in [0, 0.1) is 0 Å². The molecule has 0 saturated carbocycles. The van der Waals surface area contributed by atoms with Crippen LogP contribution in [0.5, 0.6) is 0 Å². The second-order valence-corrected chi connectivity index (χ2v) is 3.37. The van der Waals surface area contributed by atoms with Gasteiger partial charge >= 0.3 is 0 Å². The molecular formula is C10H11NO2. The molecule has 0 radical (unpaired) electrons. The zero-order valence-corrected chi connectivity index (χ0v) is 7.36. The third kappa shape index (κ3) is 1.21. The molecule has 3 nitrogen and oxygen atoms in total. The minimum Gasteiger partial charge on any atom is -0.367 e. The lowest BCUT2D eigenvalue weighted by Gasteiger charge is -2.04. The molecule has 0 spiro atoms. The first-order valence-electron chi connectivity index (χ1n) is 4.17. The molecule has 2 unspecified atom stereocenters. The van der Waals surface area contributed by atoms with Crippen molar-refractivity contribution in [2.75, 3.05) is 0 Å². The second kappa shape index (κ2) is 2.57. The highest BCUT2D eigenvalue weighted by Crippen LogP contribution is 2.45. The number of carbonyl (C=O) groups is 1. The fraction of sp³-hybridized carbons (Fsp3) is 0.300. The number of hydrogen-bond acceptors (Lipinski definition) is 2. The summed E-state index contributed by atoms with van der Waals surface area (Å²) < 4.78 is 5.28. The summed E-state index contributed by atoms with van der Waals surface area (Å²) in [7, 11) is 0. The van der Waals surface area contributed by atoms with Gasteiger partial charge in [-0.25, -0.2) is 0 Å². The average Bonchev–Trinajstić information content (AvgIpc) is 2.82. The van der Waals surface area contributed by atoms with Crippen LogP contribution in [0.4, 0.5) is 0 Å². The minimum atomic E-state index is -0.493. The van der Waals surface area contributed by atoms with Crippen molar-refractivity contribution in [3.63, 3.8) is 0 Å². The van der Waals surface area contributed by atoms with Crippen LogP contribution in [0.15, 0.2) is 30.3 Å². The number of nitrogens with two attached hydrogens (primary N) is 1. The van der Waals surface area contributed by atoms with E-state index in [4.69, 9.17) is 10.5 Å². The molecule has 1 aromatic carbocycles. The number of epoxide rings is 1. The van der Waals surface area contributed by atoms with E-state index in [0.29, 0.717) is 0 Å². The molecule has 1 aliphatic heterocycles. The second-order valence-electron chi connectivity index (χ2n) is 3.37. The van der Waals surface area contributed by atoms with Crippen LogP contribution in [0.2, 0.25) is 0 Å². The van der Waals surface area contributed by atoms with Crippen LogP contribution in [-0.2, 0) is 15.1 Å². The molecule has 2 rings (SSSR count). The number of carbonyl (C=O) groups excluding carboxylic acids is 1. The van der Waals surface area contributed by atoms with Crippen molar-refractivity contribution in [1.82, 2.24) is 0 Å². The van der Waals surface area contributed by atoms with Gasteiger partial charge in [0.2, 0.25) is 5.91 Å². The summed E-state index contributed by atoms with van der Waals surface area (Å²) in [5.41, 5.74) is 5.65. The van der Waals surface area contributed by atoms with Gasteiger partial charge in [-0.1, -0.05) is 30.3 Å². The summed E-state index contributed by atoms with van der Waals surface area (Å²) >= 11 is 0. The van der Waals surface area contributed by atoms with Gasteiger partial charge in [-0.05, 0) is 12.5 Å². The first kappa shape index (κ1) is 8.26. The first-order valence-corrected chi connectivity index (χ1v) is 4.17. The van der Waals surface area contributed by atoms with E-state index in [2.05, 4.69) is 0 Å². The number of amides is 1. The highest BCUT2D eigenvalue weighted by atomic mass is 16.6. The Morgan fingerprint density at radius 3 is 2.54 bits per heavy atom. The molecule has 2 N–H and O–H groups in total. The van der Waals surface area contributed by atoms with E-state index in [1.165, 1.54) is 0 Å². The Balaban J connectivity index is 2.25. The van der Waals surface area contributed by atoms with E-state index < -0.39 is 17.6 Å². The van der Waals surface area contributed by atoms with Crippen molar-refractivity contribution in [2.45, 2.75) is 18.6 Å². The Bertz CT molecular complexity index is 336.